The maximum Gasteiger partial charge on any atom is 0.134 e. The Kier molecular flexibility index (Phi) is 5.62. The molecule has 5 nitrogen and oxygen atoms in total. The Bertz CT molecular complexity index is 780. The lowest BCUT2D eigenvalue weighted by atomic mass is 9.89. The van der Waals surface area contributed by atoms with Crippen molar-refractivity contribution < 1.29 is 9.84 Å². The number of piperidine rings is 1. The predicted octanol–water partition coefficient (Wildman–Crippen LogP) is 2.97. The van der Waals surface area contributed by atoms with Crippen LogP contribution in [0.15, 0.2) is 24.3 Å². The Balaban J connectivity index is 1.48. The molecule has 1 aromatic heterocycles. The van der Waals surface area contributed by atoms with E-state index in [-0.39, 0.29) is 6.61 Å². The average Bonchev–Trinajstić information content (AvgIpc) is 2.73. The lowest BCUT2D eigenvalue weighted by Gasteiger charge is -2.41. The number of hydrogen-bond acceptors (Lipinski definition) is 5. The van der Waals surface area contributed by atoms with E-state index in [0.29, 0.717) is 6.04 Å². The van der Waals surface area contributed by atoms with E-state index in [1.807, 2.05) is 0 Å². The van der Waals surface area contributed by atoms with Gasteiger partial charge in [0.2, 0.25) is 0 Å². The molecule has 2 saturated heterocycles. The van der Waals surface area contributed by atoms with E-state index in [2.05, 4.69) is 47.9 Å². The topological polar surface area (TPSA) is 48.8 Å². The van der Waals surface area contributed by atoms with Crippen LogP contribution in [-0.2, 0) is 11.3 Å². The Morgan fingerprint density at radius 3 is 2.59 bits per heavy atom. The second-order valence-corrected chi connectivity index (χ2v) is 8.04. The number of morpholine rings is 1. The number of pyridine rings is 1. The maximum atomic E-state index is 9.89. The van der Waals surface area contributed by atoms with Crippen LogP contribution in [0.25, 0.3) is 10.9 Å². The van der Waals surface area contributed by atoms with E-state index >= 15 is 0 Å². The minimum Gasteiger partial charge on any atom is -0.392 e. The number of aliphatic hydroxyl groups excluding tert-OH is 1. The molecule has 4 rings (SSSR count). The third-order valence-corrected chi connectivity index (χ3v) is 6.34. The largest absolute Gasteiger partial charge is 0.392 e. The number of aliphatic hydroxyl groups is 1. The van der Waals surface area contributed by atoms with Crippen molar-refractivity contribution >= 4 is 16.7 Å². The number of rotatable bonds is 4. The minimum absolute atomic E-state index is 0.0380. The third-order valence-electron chi connectivity index (χ3n) is 6.34. The molecule has 5 heteroatoms. The van der Waals surface area contributed by atoms with Crippen LogP contribution in [-0.4, -0.2) is 60.4 Å². The first-order chi connectivity index (χ1) is 13.2. The van der Waals surface area contributed by atoms with Crippen LogP contribution in [0.3, 0.4) is 0 Å². The fraction of sp³-hybridized carbons (Fsp3) is 0.591. The number of anilines is 1. The van der Waals surface area contributed by atoms with Crippen molar-refractivity contribution in [2.75, 3.05) is 44.3 Å². The van der Waals surface area contributed by atoms with E-state index in [1.54, 1.807) is 0 Å². The van der Waals surface area contributed by atoms with Crippen LogP contribution in [0, 0.1) is 12.8 Å². The predicted molar refractivity (Wildman–Crippen MR) is 109 cm³/mol. The number of fused-ring (bicyclic) bond motifs is 1. The molecule has 2 aromatic rings. The molecule has 0 unspecified atom stereocenters. The quantitative estimate of drug-likeness (QED) is 0.898. The molecule has 0 spiro atoms. The highest BCUT2D eigenvalue weighted by molar-refractivity contribution is 5.82. The zero-order valence-corrected chi connectivity index (χ0v) is 16.5. The van der Waals surface area contributed by atoms with Gasteiger partial charge in [-0.25, -0.2) is 4.98 Å². The summed E-state index contributed by atoms with van der Waals surface area (Å²) in [5, 5.41) is 11.0. The highest BCUT2D eigenvalue weighted by atomic mass is 16.5. The summed E-state index contributed by atoms with van der Waals surface area (Å²) in [6, 6.07) is 9.04. The summed E-state index contributed by atoms with van der Waals surface area (Å²) in [5.74, 6) is 1.69. The molecule has 2 aliphatic heterocycles. The molecule has 0 radical (unpaired) electrons. The molecule has 1 aromatic carbocycles. The van der Waals surface area contributed by atoms with Crippen LogP contribution in [0.4, 0.5) is 5.82 Å². The van der Waals surface area contributed by atoms with E-state index in [0.717, 1.165) is 67.6 Å². The van der Waals surface area contributed by atoms with E-state index in [4.69, 9.17) is 9.72 Å². The summed E-state index contributed by atoms with van der Waals surface area (Å²) in [4.78, 5) is 9.88. The number of nitrogens with zero attached hydrogens (tertiary/aromatic N) is 3. The van der Waals surface area contributed by atoms with Crippen LogP contribution in [0.2, 0.25) is 0 Å². The molecule has 1 atom stereocenters. The molecule has 0 aliphatic carbocycles. The molecular formula is C22H31N3O2. The SMILES string of the molecule is Cc1ccc2cc(CO)c(N3CCC([C@H](C)N4CCOCC4)CC3)nc2c1. The number of aryl methyl sites for hydroxylation is 1. The Hall–Kier alpha value is -1.69. The second-order valence-electron chi connectivity index (χ2n) is 8.04. The smallest absolute Gasteiger partial charge is 0.134 e. The van der Waals surface area contributed by atoms with Crippen molar-refractivity contribution in [1.29, 1.82) is 0 Å². The molecular weight excluding hydrogens is 338 g/mol. The lowest BCUT2D eigenvalue weighted by molar-refractivity contribution is 0.00447. The normalized spacial score (nSPS) is 20.9. The number of benzene rings is 1. The van der Waals surface area contributed by atoms with Gasteiger partial charge >= 0.3 is 0 Å². The van der Waals surface area contributed by atoms with E-state index in [9.17, 15) is 5.11 Å². The monoisotopic (exact) mass is 369 g/mol. The van der Waals surface area contributed by atoms with Crippen molar-refractivity contribution in [2.24, 2.45) is 5.92 Å². The summed E-state index contributed by atoms with van der Waals surface area (Å²) < 4.78 is 5.50. The summed E-state index contributed by atoms with van der Waals surface area (Å²) in [6.45, 7) is 10.4. The first-order valence-electron chi connectivity index (χ1n) is 10.2. The summed E-state index contributed by atoms with van der Waals surface area (Å²) in [7, 11) is 0. The summed E-state index contributed by atoms with van der Waals surface area (Å²) in [5.41, 5.74) is 3.17. The van der Waals surface area contributed by atoms with Crippen molar-refractivity contribution in [3.8, 4) is 0 Å². The molecule has 0 amide bonds. The van der Waals surface area contributed by atoms with Gasteiger partial charge in [-0.15, -0.1) is 0 Å². The zero-order valence-electron chi connectivity index (χ0n) is 16.5. The van der Waals surface area contributed by atoms with Gasteiger partial charge < -0.3 is 14.7 Å². The van der Waals surface area contributed by atoms with Crippen LogP contribution in [0.5, 0.6) is 0 Å². The van der Waals surface area contributed by atoms with Crippen LogP contribution < -0.4 is 4.90 Å². The van der Waals surface area contributed by atoms with Gasteiger partial charge in [0.05, 0.1) is 25.3 Å². The van der Waals surface area contributed by atoms with Crippen molar-refractivity contribution in [1.82, 2.24) is 9.88 Å². The first kappa shape index (κ1) is 18.7. The van der Waals surface area contributed by atoms with Gasteiger partial charge in [-0.2, -0.15) is 0 Å². The fourth-order valence-electron chi connectivity index (χ4n) is 4.58. The molecule has 1 N–H and O–H groups in total. The van der Waals surface area contributed by atoms with Gasteiger partial charge in [-0.1, -0.05) is 12.1 Å². The van der Waals surface area contributed by atoms with Crippen molar-refractivity contribution in [3.05, 3.63) is 35.4 Å². The van der Waals surface area contributed by atoms with E-state index in [1.165, 1.54) is 18.4 Å². The first-order valence-corrected chi connectivity index (χ1v) is 10.2. The molecule has 2 fully saturated rings. The van der Waals surface area contributed by atoms with Gasteiger partial charge in [0.1, 0.15) is 5.82 Å². The average molecular weight is 370 g/mol. The van der Waals surface area contributed by atoms with Gasteiger partial charge in [0.25, 0.3) is 0 Å². The summed E-state index contributed by atoms with van der Waals surface area (Å²) in [6.07, 6.45) is 2.36. The molecule has 0 saturated carbocycles. The van der Waals surface area contributed by atoms with Gasteiger partial charge in [0.15, 0.2) is 0 Å². The highest BCUT2D eigenvalue weighted by Crippen LogP contribution is 2.30. The number of aromatic nitrogens is 1. The van der Waals surface area contributed by atoms with Crippen LogP contribution in [0.1, 0.15) is 30.9 Å². The fourth-order valence-corrected chi connectivity index (χ4v) is 4.58. The number of hydrogen-bond donors (Lipinski definition) is 1. The molecule has 0 bridgehead atoms. The Morgan fingerprint density at radius 1 is 1.15 bits per heavy atom. The minimum atomic E-state index is 0.0380. The summed E-state index contributed by atoms with van der Waals surface area (Å²) >= 11 is 0. The molecule has 2 aliphatic rings. The standard InChI is InChI=1S/C22H31N3O2/c1-16-3-4-19-14-20(15-26)22(23-21(19)13-16)25-7-5-18(6-8-25)17(2)24-9-11-27-12-10-24/h3-4,13-14,17-18,26H,5-12,15H2,1-2H3/t17-/m0/s1. The second kappa shape index (κ2) is 8.13. The number of ether oxygens (including phenoxy) is 1. The zero-order chi connectivity index (χ0) is 18.8. The molecule has 3 heterocycles. The van der Waals surface area contributed by atoms with Gasteiger partial charge in [-0.3, -0.25) is 4.90 Å². The van der Waals surface area contributed by atoms with Crippen molar-refractivity contribution in [3.63, 3.8) is 0 Å². The van der Waals surface area contributed by atoms with Gasteiger partial charge in [0, 0.05) is 43.2 Å². The Morgan fingerprint density at radius 2 is 1.89 bits per heavy atom. The highest BCUT2D eigenvalue weighted by Gasteiger charge is 2.29. The van der Waals surface area contributed by atoms with Crippen molar-refractivity contribution in [2.45, 2.75) is 39.3 Å². The molecule has 146 valence electrons. The lowest BCUT2D eigenvalue weighted by Crippen LogP contribution is -2.48. The maximum absolute atomic E-state index is 9.89. The van der Waals surface area contributed by atoms with Gasteiger partial charge in [-0.05, 0) is 50.3 Å². The van der Waals surface area contributed by atoms with Crippen LogP contribution >= 0.6 is 0 Å². The molecule has 27 heavy (non-hydrogen) atoms. The Labute approximate surface area is 161 Å². The van der Waals surface area contributed by atoms with E-state index < -0.39 is 0 Å². The third kappa shape index (κ3) is 3.96.